The van der Waals surface area contributed by atoms with E-state index < -0.39 is 6.03 Å². The number of imide groups is 1. The number of hydrogen-bond acceptors (Lipinski definition) is 5. The molecule has 2 N–H and O–H groups in total. The molecule has 0 bridgehead atoms. The Morgan fingerprint density at radius 2 is 1.57 bits per heavy atom. The molecule has 2 fully saturated rings. The Balaban J connectivity index is 0.996. The number of phenols is 1. The van der Waals surface area contributed by atoms with Gasteiger partial charge in [-0.1, -0.05) is 54.6 Å². The molecule has 0 radical (unpaired) electrons. The smallest absolute Gasteiger partial charge is 0.328 e. The van der Waals surface area contributed by atoms with Crippen molar-refractivity contribution in [1.82, 2.24) is 10.2 Å². The molecule has 242 valence electrons. The first-order chi connectivity index (χ1) is 22.8. The quantitative estimate of drug-likeness (QED) is 0.231. The number of carbonyl (C=O) groups excluding carboxylic acids is 2. The first-order valence-corrected chi connectivity index (χ1v) is 16.7. The van der Waals surface area contributed by atoms with Gasteiger partial charge >= 0.3 is 6.03 Å². The van der Waals surface area contributed by atoms with Crippen LogP contribution in [0.15, 0.2) is 91.0 Å². The third-order valence-electron chi connectivity index (χ3n) is 10.3. The zero-order valence-electron chi connectivity index (χ0n) is 26.7. The second-order valence-corrected chi connectivity index (χ2v) is 13.2. The van der Waals surface area contributed by atoms with Crippen LogP contribution in [0.2, 0.25) is 0 Å². The van der Waals surface area contributed by atoms with Crippen LogP contribution in [-0.2, 0) is 17.8 Å². The van der Waals surface area contributed by atoms with Gasteiger partial charge in [0.25, 0.3) is 0 Å². The number of nitrogens with one attached hydrogen (secondary N) is 1. The highest BCUT2D eigenvalue weighted by atomic mass is 19.1. The predicted molar refractivity (Wildman–Crippen MR) is 182 cm³/mol. The molecule has 7 nitrogen and oxygen atoms in total. The monoisotopic (exact) mass is 632 g/mol. The van der Waals surface area contributed by atoms with Crippen molar-refractivity contribution in [2.75, 3.05) is 36.5 Å². The molecule has 7 rings (SSSR count). The number of amides is 3. The fraction of sp³-hybridized carbons (Fsp3) is 0.333. The van der Waals surface area contributed by atoms with E-state index in [9.17, 15) is 14.7 Å². The summed E-state index contributed by atoms with van der Waals surface area (Å²) in [4.78, 5) is 29.7. The number of piperidine rings is 1. The standard InChI is InChI=1S/C39H41FN4O3/c1-42(25-29-9-13-32(24-36(29)40)44-22-19-37(46)41-39(44)47)30-17-20-43(21-18-30)31-11-7-27(8-12-31)38-34(26-5-3-2-4-6-26)15-10-28-23-33(45)14-16-35(28)38/h2-9,11-14,16,23-24,30,34,38,45H,10,15,17-22,25H2,1H3,(H,41,46,47). The van der Waals surface area contributed by atoms with Gasteiger partial charge in [-0.05, 0) is 97.3 Å². The Kier molecular flexibility index (Phi) is 8.69. The fourth-order valence-corrected chi connectivity index (χ4v) is 7.78. The fourth-order valence-electron chi connectivity index (χ4n) is 7.78. The van der Waals surface area contributed by atoms with Crippen LogP contribution in [0.4, 0.5) is 20.6 Å². The molecule has 4 aromatic rings. The summed E-state index contributed by atoms with van der Waals surface area (Å²) >= 11 is 0. The van der Waals surface area contributed by atoms with Crippen molar-refractivity contribution >= 4 is 23.3 Å². The lowest BCUT2D eigenvalue weighted by Crippen LogP contribution is -2.49. The molecule has 2 unspecified atom stereocenters. The molecule has 1 aliphatic carbocycles. The molecule has 3 amide bonds. The molecule has 2 saturated heterocycles. The van der Waals surface area contributed by atoms with Gasteiger partial charge in [-0.25, -0.2) is 9.18 Å². The number of rotatable bonds is 7. The molecule has 47 heavy (non-hydrogen) atoms. The Bertz CT molecular complexity index is 1750. The SMILES string of the molecule is CN(Cc1ccc(N2CCC(=O)NC2=O)cc1F)C1CCN(c2ccc(C3c4ccc(O)cc4CCC3c3ccccc3)cc2)CC1. The van der Waals surface area contributed by atoms with Crippen molar-refractivity contribution in [3.8, 4) is 5.75 Å². The molecule has 4 aromatic carbocycles. The van der Waals surface area contributed by atoms with Crippen molar-refractivity contribution in [3.63, 3.8) is 0 Å². The van der Waals surface area contributed by atoms with E-state index in [0.29, 0.717) is 35.5 Å². The first kappa shape index (κ1) is 30.9. The summed E-state index contributed by atoms with van der Waals surface area (Å²) in [6.45, 7) is 2.59. The molecule has 3 aliphatic rings. The Morgan fingerprint density at radius 3 is 2.30 bits per heavy atom. The number of halogens is 1. The van der Waals surface area contributed by atoms with Gasteiger partial charge in [0, 0.05) is 61.5 Å². The molecule has 2 aliphatic heterocycles. The summed E-state index contributed by atoms with van der Waals surface area (Å²) in [5, 5.41) is 12.5. The van der Waals surface area contributed by atoms with Gasteiger partial charge < -0.3 is 10.0 Å². The van der Waals surface area contributed by atoms with Gasteiger partial charge in [-0.3, -0.25) is 19.9 Å². The summed E-state index contributed by atoms with van der Waals surface area (Å²) in [6, 6.07) is 30.5. The van der Waals surface area contributed by atoms with E-state index in [1.54, 1.807) is 12.1 Å². The predicted octanol–water partition coefficient (Wildman–Crippen LogP) is 6.94. The second-order valence-electron chi connectivity index (χ2n) is 13.2. The third kappa shape index (κ3) is 6.47. The van der Waals surface area contributed by atoms with E-state index in [2.05, 4.69) is 82.8 Å². The summed E-state index contributed by atoms with van der Waals surface area (Å²) in [5.41, 5.74) is 7.47. The van der Waals surface area contributed by atoms with Gasteiger partial charge in [0.2, 0.25) is 5.91 Å². The van der Waals surface area contributed by atoms with E-state index in [1.165, 1.54) is 38.9 Å². The van der Waals surface area contributed by atoms with Crippen LogP contribution >= 0.6 is 0 Å². The molecular formula is C39H41FN4O3. The molecule has 8 heteroatoms. The average Bonchev–Trinajstić information content (AvgIpc) is 3.09. The number of fused-ring (bicyclic) bond motifs is 1. The molecule has 2 heterocycles. The minimum Gasteiger partial charge on any atom is -0.508 e. The Hall–Kier alpha value is -4.69. The number of anilines is 2. The molecule has 0 spiro atoms. The number of urea groups is 1. The van der Waals surface area contributed by atoms with E-state index in [1.807, 2.05) is 12.1 Å². The van der Waals surface area contributed by atoms with Crippen LogP contribution in [0.1, 0.15) is 65.3 Å². The highest BCUT2D eigenvalue weighted by Gasteiger charge is 2.32. The number of carbonyl (C=O) groups is 2. The lowest BCUT2D eigenvalue weighted by atomic mass is 9.69. The van der Waals surface area contributed by atoms with Crippen molar-refractivity contribution < 1.29 is 19.1 Å². The molecule has 0 aromatic heterocycles. The van der Waals surface area contributed by atoms with Gasteiger partial charge in [0.1, 0.15) is 11.6 Å². The second kappa shape index (κ2) is 13.2. The number of hydrogen-bond donors (Lipinski definition) is 2. The molecular weight excluding hydrogens is 591 g/mol. The number of phenolic OH excluding ortho intramolecular Hbond substituents is 1. The van der Waals surface area contributed by atoms with Crippen LogP contribution in [0.5, 0.6) is 5.75 Å². The van der Waals surface area contributed by atoms with E-state index in [0.717, 1.165) is 38.8 Å². The molecule has 0 saturated carbocycles. The van der Waals surface area contributed by atoms with Crippen molar-refractivity contribution in [2.45, 2.75) is 56.5 Å². The number of aromatic hydroxyl groups is 1. The lowest BCUT2D eigenvalue weighted by molar-refractivity contribution is -0.120. The van der Waals surface area contributed by atoms with Gasteiger partial charge in [-0.2, -0.15) is 0 Å². The lowest BCUT2D eigenvalue weighted by Gasteiger charge is -2.38. The van der Waals surface area contributed by atoms with Crippen LogP contribution in [0.3, 0.4) is 0 Å². The minimum atomic E-state index is -0.510. The number of aryl methyl sites for hydroxylation is 1. The van der Waals surface area contributed by atoms with E-state index >= 15 is 4.39 Å². The summed E-state index contributed by atoms with van der Waals surface area (Å²) in [6.07, 6.45) is 4.17. The highest BCUT2D eigenvalue weighted by molar-refractivity contribution is 6.05. The van der Waals surface area contributed by atoms with Gasteiger partial charge in [0.05, 0.1) is 0 Å². The summed E-state index contributed by atoms with van der Waals surface area (Å²) in [5.74, 6) is 0.282. The zero-order valence-corrected chi connectivity index (χ0v) is 26.7. The average molecular weight is 633 g/mol. The summed E-state index contributed by atoms with van der Waals surface area (Å²) in [7, 11) is 2.05. The van der Waals surface area contributed by atoms with Crippen LogP contribution in [-0.4, -0.2) is 54.7 Å². The normalized spacial score (nSPS) is 20.3. The first-order valence-electron chi connectivity index (χ1n) is 16.7. The van der Waals surface area contributed by atoms with E-state index in [4.69, 9.17) is 0 Å². The van der Waals surface area contributed by atoms with E-state index in [-0.39, 0.29) is 30.6 Å². The summed E-state index contributed by atoms with van der Waals surface area (Å²) < 4.78 is 15.1. The maximum Gasteiger partial charge on any atom is 0.328 e. The largest absolute Gasteiger partial charge is 0.508 e. The van der Waals surface area contributed by atoms with Crippen LogP contribution in [0, 0.1) is 5.82 Å². The third-order valence-corrected chi connectivity index (χ3v) is 10.3. The van der Waals surface area contributed by atoms with Gasteiger partial charge in [0.15, 0.2) is 0 Å². The highest BCUT2D eigenvalue weighted by Crippen LogP contribution is 2.47. The van der Waals surface area contributed by atoms with Crippen molar-refractivity contribution in [1.29, 1.82) is 0 Å². The number of nitrogens with zero attached hydrogens (tertiary/aromatic N) is 3. The van der Waals surface area contributed by atoms with Crippen molar-refractivity contribution in [3.05, 3.63) is 125 Å². The Labute approximate surface area is 275 Å². The topological polar surface area (TPSA) is 76.1 Å². The zero-order chi connectivity index (χ0) is 32.5. The van der Waals surface area contributed by atoms with Crippen LogP contribution < -0.4 is 15.1 Å². The van der Waals surface area contributed by atoms with Crippen LogP contribution in [0.25, 0.3) is 0 Å². The molecule has 2 atom stereocenters. The maximum absolute atomic E-state index is 15.1. The minimum absolute atomic E-state index is 0.205. The number of benzene rings is 4. The Morgan fingerprint density at radius 1 is 0.830 bits per heavy atom. The van der Waals surface area contributed by atoms with Gasteiger partial charge in [-0.15, -0.1) is 0 Å². The van der Waals surface area contributed by atoms with Crippen molar-refractivity contribution in [2.24, 2.45) is 0 Å². The maximum atomic E-state index is 15.1.